The molecule has 0 spiro atoms. The Labute approximate surface area is 163 Å². The molecule has 4 nitrogen and oxygen atoms in total. The van der Waals surface area contributed by atoms with E-state index in [0.717, 1.165) is 44.1 Å². The van der Waals surface area contributed by atoms with Crippen molar-refractivity contribution in [3.05, 3.63) is 35.1 Å². The number of guanidine groups is 1. The Morgan fingerprint density at radius 1 is 1.17 bits per heavy atom. The van der Waals surface area contributed by atoms with E-state index in [1.807, 2.05) is 6.07 Å². The Balaban J connectivity index is 0.00000529. The summed E-state index contributed by atoms with van der Waals surface area (Å²) in [5, 5.41) is 6.58. The van der Waals surface area contributed by atoms with Crippen molar-refractivity contribution in [3.8, 4) is 0 Å². The van der Waals surface area contributed by atoms with Crippen LogP contribution in [0.1, 0.15) is 37.8 Å². The zero-order valence-corrected chi connectivity index (χ0v) is 17.7. The first-order chi connectivity index (χ1) is 11.1. The number of rotatable bonds is 9. The normalized spacial score (nSPS) is 11.3. The van der Waals surface area contributed by atoms with Gasteiger partial charge >= 0.3 is 0 Å². The lowest BCUT2D eigenvalue weighted by atomic mass is 10.1. The molecule has 0 aliphatic carbocycles. The van der Waals surface area contributed by atoms with Gasteiger partial charge in [-0.05, 0) is 56.6 Å². The van der Waals surface area contributed by atoms with Crippen LogP contribution >= 0.6 is 24.0 Å². The zero-order valence-electron chi connectivity index (χ0n) is 15.4. The largest absolute Gasteiger partial charge is 0.356 e. The van der Waals surface area contributed by atoms with E-state index >= 15 is 0 Å². The molecule has 1 rings (SSSR count). The molecule has 0 heterocycles. The van der Waals surface area contributed by atoms with Crippen LogP contribution in [0.5, 0.6) is 0 Å². The van der Waals surface area contributed by atoms with Crippen LogP contribution in [0.15, 0.2) is 23.2 Å². The van der Waals surface area contributed by atoms with Crippen molar-refractivity contribution in [1.29, 1.82) is 0 Å². The summed E-state index contributed by atoms with van der Waals surface area (Å²) in [6.07, 6.45) is 2.30. The highest BCUT2D eigenvalue weighted by Gasteiger charge is 2.02. The van der Waals surface area contributed by atoms with Gasteiger partial charge in [-0.3, -0.25) is 4.99 Å². The zero-order chi connectivity index (χ0) is 17.1. The smallest absolute Gasteiger partial charge is 0.191 e. The van der Waals surface area contributed by atoms with E-state index in [0.29, 0.717) is 12.1 Å². The SMILES string of the molecule is CCN(CC)CCCCNC(=NC)NCc1ccc(F)c(C)c1.I. The first kappa shape index (κ1) is 23.1. The minimum atomic E-state index is -0.163. The highest BCUT2D eigenvalue weighted by Crippen LogP contribution is 2.08. The van der Waals surface area contributed by atoms with Gasteiger partial charge in [-0.2, -0.15) is 0 Å². The van der Waals surface area contributed by atoms with Crippen LogP contribution in [0.4, 0.5) is 4.39 Å². The van der Waals surface area contributed by atoms with Crippen LogP contribution in [-0.4, -0.2) is 44.1 Å². The van der Waals surface area contributed by atoms with Crippen molar-refractivity contribution >= 4 is 29.9 Å². The minimum absolute atomic E-state index is 0. The summed E-state index contributed by atoms with van der Waals surface area (Å²) in [7, 11) is 1.77. The van der Waals surface area contributed by atoms with Gasteiger partial charge < -0.3 is 15.5 Å². The third-order valence-corrected chi connectivity index (χ3v) is 3.99. The van der Waals surface area contributed by atoms with Crippen LogP contribution in [0, 0.1) is 12.7 Å². The highest BCUT2D eigenvalue weighted by molar-refractivity contribution is 14.0. The molecule has 6 heteroatoms. The lowest BCUT2D eigenvalue weighted by Gasteiger charge is -2.18. The van der Waals surface area contributed by atoms with Gasteiger partial charge in [0.15, 0.2) is 5.96 Å². The quantitative estimate of drug-likeness (QED) is 0.262. The van der Waals surface area contributed by atoms with Gasteiger partial charge in [0.2, 0.25) is 0 Å². The van der Waals surface area contributed by atoms with Crippen molar-refractivity contribution in [1.82, 2.24) is 15.5 Å². The molecule has 24 heavy (non-hydrogen) atoms. The lowest BCUT2D eigenvalue weighted by molar-refractivity contribution is 0.297. The predicted octanol–water partition coefficient (Wildman–Crippen LogP) is 3.54. The molecule has 2 N–H and O–H groups in total. The molecule has 0 atom stereocenters. The van der Waals surface area contributed by atoms with Crippen molar-refractivity contribution in [3.63, 3.8) is 0 Å². The monoisotopic (exact) mass is 450 g/mol. The fourth-order valence-corrected chi connectivity index (χ4v) is 2.43. The van der Waals surface area contributed by atoms with Gasteiger partial charge in [0.1, 0.15) is 5.82 Å². The van der Waals surface area contributed by atoms with Crippen molar-refractivity contribution in [2.24, 2.45) is 4.99 Å². The highest BCUT2D eigenvalue weighted by atomic mass is 127. The molecule has 0 saturated heterocycles. The number of unbranched alkanes of at least 4 members (excludes halogenated alkanes) is 1. The second-order valence-electron chi connectivity index (χ2n) is 5.67. The standard InChI is InChI=1S/C18H31FN4.HI/c1-5-23(6-2)12-8-7-11-21-18(20-4)22-14-16-9-10-17(19)15(3)13-16;/h9-10,13H,5-8,11-12,14H2,1-4H3,(H2,20,21,22);1H. The van der Waals surface area contributed by atoms with Gasteiger partial charge in [0.05, 0.1) is 0 Å². The van der Waals surface area contributed by atoms with Crippen LogP contribution < -0.4 is 10.6 Å². The number of benzene rings is 1. The first-order valence-corrected chi connectivity index (χ1v) is 8.52. The Morgan fingerprint density at radius 2 is 1.88 bits per heavy atom. The van der Waals surface area contributed by atoms with Crippen molar-refractivity contribution in [2.45, 2.75) is 40.2 Å². The molecule has 0 saturated carbocycles. The molecule has 1 aromatic carbocycles. The molecule has 0 bridgehead atoms. The van der Waals surface area contributed by atoms with Gasteiger partial charge in [-0.1, -0.05) is 26.0 Å². The molecule has 1 aromatic rings. The minimum Gasteiger partial charge on any atom is -0.356 e. The van der Waals surface area contributed by atoms with E-state index in [1.165, 1.54) is 12.5 Å². The molecule has 0 aliphatic rings. The van der Waals surface area contributed by atoms with Crippen LogP contribution in [0.25, 0.3) is 0 Å². The molecule has 0 fully saturated rings. The van der Waals surface area contributed by atoms with E-state index in [2.05, 4.69) is 34.4 Å². The summed E-state index contributed by atoms with van der Waals surface area (Å²) < 4.78 is 13.3. The van der Waals surface area contributed by atoms with Gasteiger partial charge in [0.25, 0.3) is 0 Å². The Bertz CT molecular complexity index is 490. The van der Waals surface area contributed by atoms with Crippen LogP contribution in [0.2, 0.25) is 0 Å². The fraction of sp³-hybridized carbons (Fsp3) is 0.611. The van der Waals surface area contributed by atoms with E-state index in [1.54, 1.807) is 20.0 Å². The van der Waals surface area contributed by atoms with Crippen LogP contribution in [0.3, 0.4) is 0 Å². The molecule has 0 aromatic heterocycles. The Morgan fingerprint density at radius 3 is 2.46 bits per heavy atom. The number of hydrogen-bond acceptors (Lipinski definition) is 2. The summed E-state index contributed by atoms with van der Waals surface area (Å²) in [6.45, 7) is 11.1. The number of aliphatic imine (C=N–C) groups is 1. The van der Waals surface area contributed by atoms with Crippen LogP contribution in [-0.2, 0) is 6.54 Å². The van der Waals surface area contributed by atoms with Crippen molar-refractivity contribution < 1.29 is 4.39 Å². The molecule has 138 valence electrons. The van der Waals surface area contributed by atoms with E-state index in [-0.39, 0.29) is 29.8 Å². The topological polar surface area (TPSA) is 39.7 Å². The maximum Gasteiger partial charge on any atom is 0.191 e. The number of hydrogen-bond donors (Lipinski definition) is 2. The fourth-order valence-electron chi connectivity index (χ4n) is 2.43. The van der Waals surface area contributed by atoms with E-state index in [9.17, 15) is 4.39 Å². The van der Waals surface area contributed by atoms with Gasteiger partial charge in [-0.25, -0.2) is 4.39 Å². The predicted molar refractivity (Wildman–Crippen MR) is 112 cm³/mol. The molecule has 0 amide bonds. The number of aryl methyl sites for hydroxylation is 1. The average molecular weight is 450 g/mol. The van der Waals surface area contributed by atoms with Crippen molar-refractivity contribution in [2.75, 3.05) is 33.2 Å². The van der Waals surface area contributed by atoms with E-state index in [4.69, 9.17) is 0 Å². The number of nitrogens with one attached hydrogen (secondary N) is 2. The Kier molecular flexibility index (Phi) is 12.9. The molecule has 0 radical (unpaired) electrons. The summed E-state index contributed by atoms with van der Waals surface area (Å²) in [6, 6.07) is 5.17. The Hall–Kier alpha value is -0.890. The second-order valence-corrected chi connectivity index (χ2v) is 5.67. The van der Waals surface area contributed by atoms with Gasteiger partial charge in [-0.15, -0.1) is 24.0 Å². The number of nitrogens with zero attached hydrogens (tertiary/aromatic N) is 2. The second kappa shape index (κ2) is 13.4. The third-order valence-electron chi connectivity index (χ3n) is 3.99. The third kappa shape index (κ3) is 8.82. The maximum absolute atomic E-state index is 13.3. The molecular weight excluding hydrogens is 418 g/mol. The van der Waals surface area contributed by atoms with Gasteiger partial charge in [0, 0.05) is 20.1 Å². The summed E-state index contributed by atoms with van der Waals surface area (Å²) in [4.78, 5) is 6.65. The summed E-state index contributed by atoms with van der Waals surface area (Å²) in [5.41, 5.74) is 1.72. The first-order valence-electron chi connectivity index (χ1n) is 8.52. The maximum atomic E-state index is 13.3. The summed E-state index contributed by atoms with van der Waals surface area (Å²) in [5.74, 6) is 0.624. The lowest BCUT2D eigenvalue weighted by Crippen LogP contribution is -2.37. The summed E-state index contributed by atoms with van der Waals surface area (Å²) >= 11 is 0. The molecule has 0 unspecified atom stereocenters. The number of halogens is 2. The molecular formula is C18H32FIN4. The molecule has 0 aliphatic heterocycles. The van der Waals surface area contributed by atoms with E-state index < -0.39 is 0 Å². The average Bonchev–Trinajstić information content (AvgIpc) is 2.56.